The van der Waals surface area contributed by atoms with Crippen LogP contribution in [0.15, 0.2) is 29.6 Å². The first kappa shape index (κ1) is 19.1. The molecule has 0 atom stereocenters. The van der Waals surface area contributed by atoms with E-state index in [-0.39, 0.29) is 6.61 Å². The average Bonchev–Trinajstić information content (AvgIpc) is 3.41. The molecule has 2 aromatic rings. The van der Waals surface area contributed by atoms with Crippen LogP contribution in [0, 0.1) is 6.92 Å². The largest absolute Gasteiger partial charge is 0.462 e. The van der Waals surface area contributed by atoms with Crippen LogP contribution < -0.4 is 5.32 Å². The summed E-state index contributed by atoms with van der Waals surface area (Å²) in [7, 11) is 0. The smallest absolute Gasteiger partial charge is 0.341 e. The molecule has 1 fully saturated rings. The number of carbonyl (C=O) groups excluding carboxylic acids is 3. The van der Waals surface area contributed by atoms with Gasteiger partial charge in [0.25, 0.3) is 5.91 Å². The van der Waals surface area contributed by atoms with E-state index < -0.39 is 24.5 Å². The van der Waals surface area contributed by atoms with Crippen LogP contribution in [0.4, 0.5) is 5.00 Å². The van der Waals surface area contributed by atoms with E-state index in [1.807, 2.05) is 12.3 Å². The van der Waals surface area contributed by atoms with Gasteiger partial charge in [-0.2, -0.15) is 0 Å². The van der Waals surface area contributed by atoms with Crippen molar-refractivity contribution in [2.24, 2.45) is 0 Å². The number of aryl methyl sites for hydroxylation is 1. The van der Waals surface area contributed by atoms with Gasteiger partial charge in [-0.05, 0) is 55.7 Å². The third-order valence-corrected chi connectivity index (χ3v) is 5.10. The molecule has 1 N–H and O–H groups in total. The summed E-state index contributed by atoms with van der Waals surface area (Å²) in [6.45, 7) is 3.50. The quantitative estimate of drug-likeness (QED) is 0.729. The predicted octanol–water partition coefficient (Wildman–Crippen LogP) is 3.91. The standard InChI is InChI=1S/C20H21NO5S/c1-3-25-20(24)17-15(13-8-9-13)11-27-18(17)21-16(22)10-26-19(23)14-6-4-12(2)5-7-14/h4-7,11,13H,3,8-10H2,1-2H3,(H,21,22). The summed E-state index contributed by atoms with van der Waals surface area (Å²) in [6.07, 6.45) is 2.06. The second-order valence-corrected chi connectivity index (χ2v) is 7.26. The van der Waals surface area contributed by atoms with E-state index in [0.717, 1.165) is 24.0 Å². The molecule has 0 saturated heterocycles. The minimum atomic E-state index is -0.569. The van der Waals surface area contributed by atoms with Crippen molar-refractivity contribution in [2.75, 3.05) is 18.5 Å². The fourth-order valence-corrected chi connectivity index (χ4v) is 3.69. The molecule has 1 heterocycles. The third-order valence-electron chi connectivity index (χ3n) is 4.19. The van der Waals surface area contributed by atoms with E-state index >= 15 is 0 Å². The van der Waals surface area contributed by atoms with Crippen LogP contribution in [0.5, 0.6) is 0 Å². The number of rotatable bonds is 7. The summed E-state index contributed by atoms with van der Waals surface area (Å²) in [4.78, 5) is 36.5. The number of ether oxygens (including phenoxy) is 2. The first-order valence-electron chi connectivity index (χ1n) is 8.81. The molecule has 7 heteroatoms. The molecule has 27 heavy (non-hydrogen) atoms. The maximum absolute atomic E-state index is 12.3. The molecule has 1 saturated carbocycles. The van der Waals surface area contributed by atoms with E-state index in [9.17, 15) is 14.4 Å². The Kier molecular flexibility index (Phi) is 5.91. The molecule has 0 unspecified atom stereocenters. The van der Waals surface area contributed by atoms with Gasteiger partial charge in [-0.3, -0.25) is 4.79 Å². The highest BCUT2D eigenvalue weighted by Crippen LogP contribution is 2.46. The maximum atomic E-state index is 12.3. The lowest BCUT2D eigenvalue weighted by molar-refractivity contribution is -0.119. The molecule has 1 aliphatic rings. The third kappa shape index (κ3) is 4.74. The molecule has 1 amide bonds. The Bertz CT molecular complexity index is 852. The summed E-state index contributed by atoms with van der Waals surface area (Å²) < 4.78 is 10.2. The van der Waals surface area contributed by atoms with Crippen molar-refractivity contribution in [2.45, 2.75) is 32.6 Å². The van der Waals surface area contributed by atoms with Gasteiger partial charge in [0.05, 0.1) is 17.7 Å². The highest BCUT2D eigenvalue weighted by Gasteiger charge is 2.32. The van der Waals surface area contributed by atoms with E-state index in [0.29, 0.717) is 22.0 Å². The Hall–Kier alpha value is -2.67. The van der Waals surface area contributed by atoms with Crippen molar-refractivity contribution in [1.82, 2.24) is 0 Å². The van der Waals surface area contributed by atoms with Crippen LogP contribution in [0.3, 0.4) is 0 Å². The number of nitrogens with one attached hydrogen (secondary N) is 1. The molecule has 0 bridgehead atoms. The predicted molar refractivity (Wildman–Crippen MR) is 102 cm³/mol. The molecule has 3 rings (SSSR count). The molecule has 142 valence electrons. The fraction of sp³-hybridized carbons (Fsp3) is 0.350. The second kappa shape index (κ2) is 8.35. The minimum Gasteiger partial charge on any atom is -0.462 e. The van der Waals surface area contributed by atoms with Crippen LogP contribution >= 0.6 is 11.3 Å². The lowest BCUT2D eigenvalue weighted by atomic mass is 10.1. The molecule has 1 aliphatic carbocycles. The van der Waals surface area contributed by atoms with Gasteiger partial charge in [0.1, 0.15) is 5.00 Å². The number of thiophene rings is 1. The summed E-state index contributed by atoms with van der Waals surface area (Å²) in [5.74, 6) is -1.15. The van der Waals surface area contributed by atoms with Gasteiger partial charge in [-0.1, -0.05) is 17.7 Å². The zero-order valence-electron chi connectivity index (χ0n) is 15.2. The molecular weight excluding hydrogens is 366 g/mol. The van der Waals surface area contributed by atoms with Gasteiger partial charge in [-0.15, -0.1) is 11.3 Å². The van der Waals surface area contributed by atoms with E-state index in [1.54, 1.807) is 31.2 Å². The van der Waals surface area contributed by atoms with Crippen molar-refractivity contribution in [3.63, 3.8) is 0 Å². The Balaban J connectivity index is 1.63. The van der Waals surface area contributed by atoms with Crippen molar-refractivity contribution in [3.05, 3.63) is 51.9 Å². The number of anilines is 1. The van der Waals surface area contributed by atoms with E-state index in [4.69, 9.17) is 9.47 Å². The summed E-state index contributed by atoms with van der Waals surface area (Å²) >= 11 is 1.29. The van der Waals surface area contributed by atoms with Crippen LogP contribution in [-0.2, 0) is 14.3 Å². The fourth-order valence-electron chi connectivity index (χ4n) is 2.64. The summed E-state index contributed by atoms with van der Waals surface area (Å²) in [6, 6.07) is 6.89. The van der Waals surface area contributed by atoms with Crippen LogP contribution in [0.25, 0.3) is 0 Å². The van der Waals surface area contributed by atoms with E-state index in [1.165, 1.54) is 11.3 Å². The van der Waals surface area contributed by atoms with Crippen LogP contribution in [0.1, 0.15) is 57.5 Å². The lowest BCUT2D eigenvalue weighted by Crippen LogP contribution is -2.22. The Labute approximate surface area is 161 Å². The average molecular weight is 387 g/mol. The minimum absolute atomic E-state index is 0.264. The Morgan fingerprint density at radius 2 is 1.81 bits per heavy atom. The van der Waals surface area contributed by atoms with E-state index in [2.05, 4.69) is 5.32 Å². The van der Waals surface area contributed by atoms with Gasteiger partial charge < -0.3 is 14.8 Å². The maximum Gasteiger partial charge on any atom is 0.341 e. The monoisotopic (exact) mass is 387 g/mol. The number of esters is 2. The zero-order valence-corrected chi connectivity index (χ0v) is 16.1. The molecule has 1 aromatic heterocycles. The normalized spacial score (nSPS) is 13.1. The topological polar surface area (TPSA) is 81.7 Å². The molecule has 1 aromatic carbocycles. The number of benzene rings is 1. The highest BCUT2D eigenvalue weighted by atomic mass is 32.1. The summed E-state index contributed by atoms with van der Waals surface area (Å²) in [5, 5.41) is 4.99. The van der Waals surface area contributed by atoms with Gasteiger partial charge in [0.2, 0.25) is 0 Å². The van der Waals surface area contributed by atoms with Crippen molar-refractivity contribution in [3.8, 4) is 0 Å². The number of carbonyl (C=O) groups is 3. The Morgan fingerprint density at radius 1 is 1.11 bits per heavy atom. The zero-order chi connectivity index (χ0) is 19.4. The molecule has 0 spiro atoms. The highest BCUT2D eigenvalue weighted by molar-refractivity contribution is 7.15. The SMILES string of the molecule is CCOC(=O)c1c(C2CC2)csc1NC(=O)COC(=O)c1ccc(C)cc1. The number of hydrogen-bond donors (Lipinski definition) is 1. The first-order chi connectivity index (χ1) is 13.0. The first-order valence-corrected chi connectivity index (χ1v) is 9.69. The Morgan fingerprint density at radius 3 is 2.44 bits per heavy atom. The number of amides is 1. The van der Waals surface area contributed by atoms with Gasteiger partial charge in [0, 0.05) is 0 Å². The molecular formula is C20H21NO5S. The molecule has 6 nitrogen and oxygen atoms in total. The second-order valence-electron chi connectivity index (χ2n) is 6.38. The number of hydrogen-bond acceptors (Lipinski definition) is 6. The van der Waals surface area contributed by atoms with Crippen LogP contribution in [0.2, 0.25) is 0 Å². The van der Waals surface area contributed by atoms with Crippen molar-refractivity contribution in [1.29, 1.82) is 0 Å². The molecule has 0 radical (unpaired) electrons. The van der Waals surface area contributed by atoms with Crippen molar-refractivity contribution >= 4 is 34.2 Å². The molecule has 0 aliphatic heterocycles. The van der Waals surface area contributed by atoms with Crippen LogP contribution in [-0.4, -0.2) is 31.1 Å². The van der Waals surface area contributed by atoms with Gasteiger partial charge >= 0.3 is 11.9 Å². The van der Waals surface area contributed by atoms with Crippen molar-refractivity contribution < 1.29 is 23.9 Å². The summed E-state index contributed by atoms with van der Waals surface area (Å²) in [5.41, 5.74) is 2.75. The van der Waals surface area contributed by atoms with Gasteiger partial charge in [0.15, 0.2) is 6.61 Å². The lowest BCUT2D eigenvalue weighted by Gasteiger charge is -2.09. The van der Waals surface area contributed by atoms with Gasteiger partial charge in [-0.25, -0.2) is 9.59 Å².